The summed E-state index contributed by atoms with van der Waals surface area (Å²) in [6.07, 6.45) is 4.80. The molecule has 0 aromatic rings. The molecule has 2 fully saturated rings. The van der Waals surface area contributed by atoms with Crippen molar-refractivity contribution in [1.82, 2.24) is 4.90 Å². The van der Waals surface area contributed by atoms with E-state index < -0.39 is 0 Å². The Bertz CT molecular complexity index is 137. The standard InChI is InChI=1S/C8H15NO/c1-9-6-3-2-4-7(9)8(10)5-6/h6-8,10H,2-5H2,1H3/t6-,7+,8+/m1/s1. The summed E-state index contributed by atoms with van der Waals surface area (Å²) >= 11 is 0. The highest BCUT2D eigenvalue weighted by Crippen LogP contribution is 2.33. The zero-order valence-corrected chi connectivity index (χ0v) is 6.45. The smallest absolute Gasteiger partial charge is 0.0710 e. The van der Waals surface area contributed by atoms with Crippen LogP contribution in [0.5, 0.6) is 0 Å². The Kier molecular flexibility index (Phi) is 1.46. The highest BCUT2D eigenvalue weighted by atomic mass is 16.3. The van der Waals surface area contributed by atoms with Crippen LogP contribution in [0, 0.1) is 0 Å². The van der Waals surface area contributed by atoms with Crippen LogP contribution < -0.4 is 0 Å². The number of rotatable bonds is 0. The third-order valence-corrected chi connectivity index (χ3v) is 3.09. The molecule has 10 heavy (non-hydrogen) atoms. The van der Waals surface area contributed by atoms with Gasteiger partial charge in [0.2, 0.25) is 0 Å². The molecule has 0 aliphatic carbocycles. The molecule has 0 radical (unpaired) electrons. The normalized spacial score (nSPS) is 48.0. The molecule has 2 bridgehead atoms. The Labute approximate surface area is 61.8 Å². The van der Waals surface area contributed by atoms with Gasteiger partial charge in [0.1, 0.15) is 0 Å². The Morgan fingerprint density at radius 2 is 2.20 bits per heavy atom. The molecular weight excluding hydrogens is 126 g/mol. The van der Waals surface area contributed by atoms with E-state index in [-0.39, 0.29) is 6.10 Å². The summed E-state index contributed by atoms with van der Waals surface area (Å²) in [6.45, 7) is 0. The average Bonchev–Trinajstić information content (AvgIpc) is 2.16. The molecule has 0 amide bonds. The van der Waals surface area contributed by atoms with Crippen LogP contribution >= 0.6 is 0 Å². The van der Waals surface area contributed by atoms with Gasteiger partial charge in [0.05, 0.1) is 6.10 Å². The van der Waals surface area contributed by atoms with E-state index in [1.807, 2.05) is 0 Å². The van der Waals surface area contributed by atoms with Crippen molar-refractivity contribution in [3.63, 3.8) is 0 Å². The quantitative estimate of drug-likeness (QED) is 0.534. The molecule has 0 saturated carbocycles. The van der Waals surface area contributed by atoms with Gasteiger partial charge in [-0.3, -0.25) is 4.90 Å². The van der Waals surface area contributed by atoms with Gasteiger partial charge in [0.15, 0.2) is 0 Å². The van der Waals surface area contributed by atoms with Gasteiger partial charge < -0.3 is 5.11 Å². The lowest BCUT2D eigenvalue weighted by Crippen LogP contribution is -2.38. The first-order valence-corrected chi connectivity index (χ1v) is 4.19. The van der Waals surface area contributed by atoms with Crippen LogP contribution in [0.4, 0.5) is 0 Å². The summed E-state index contributed by atoms with van der Waals surface area (Å²) in [7, 11) is 2.14. The van der Waals surface area contributed by atoms with Crippen molar-refractivity contribution >= 4 is 0 Å². The van der Waals surface area contributed by atoms with Gasteiger partial charge in [-0.25, -0.2) is 0 Å². The summed E-state index contributed by atoms with van der Waals surface area (Å²) in [5.74, 6) is 0. The predicted molar refractivity (Wildman–Crippen MR) is 39.8 cm³/mol. The SMILES string of the molecule is CN1[C@@H]2CCC[C@H]1[C@@H](O)C2. The van der Waals surface area contributed by atoms with E-state index in [9.17, 15) is 5.11 Å². The van der Waals surface area contributed by atoms with E-state index in [1.165, 1.54) is 19.3 Å². The van der Waals surface area contributed by atoms with Crippen LogP contribution in [0.1, 0.15) is 25.7 Å². The number of hydrogen-bond donors (Lipinski definition) is 1. The second-order valence-electron chi connectivity index (χ2n) is 3.62. The van der Waals surface area contributed by atoms with Crippen LogP contribution in [0.15, 0.2) is 0 Å². The van der Waals surface area contributed by atoms with Crippen molar-refractivity contribution in [3.8, 4) is 0 Å². The lowest BCUT2D eigenvalue weighted by Gasteiger charge is -2.30. The minimum absolute atomic E-state index is 0.0301. The third-order valence-electron chi connectivity index (χ3n) is 3.09. The van der Waals surface area contributed by atoms with Crippen molar-refractivity contribution in [2.75, 3.05) is 7.05 Å². The second kappa shape index (κ2) is 2.21. The summed E-state index contributed by atoms with van der Waals surface area (Å²) in [4.78, 5) is 2.36. The van der Waals surface area contributed by atoms with Crippen LogP contribution in [0.3, 0.4) is 0 Å². The lowest BCUT2D eigenvalue weighted by atomic mass is 10.0. The number of aliphatic hydroxyl groups excluding tert-OH is 1. The molecule has 2 rings (SSSR count). The first-order chi connectivity index (χ1) is 4.79. The maximum atomic E-state index is 9.53. The zero-order chi connectivity index (χ0) is 7.14. The topological polar surface area (TPSA) is 23.5 Å². The fourth-order valence-electron chi connectivity index (χ4n) is 2.42. The van der Waals surface area contributed by atoms with E-state index in [1.54, 1.807) is 0 Å². The van der Waals surface area contributed by atoms with Crippen LogP contribution in [0.25, 0.3) is 0 Å². The van der Waals surface area contributed by atoms with Crippen molar-refractivity contribution in [2.24, 2.45) is 0 Å². The van der Waals surface area contributed by atoms with Crippen molar-refractivity contribution < 1.29 is 5.11 Å². The third kappa shape index (κ3) is 0.789. The highest BCUT2D eigenvalue weighted by molar-refractivity contribution is 4.95. The van der Waals surface area contributed by atoms with Crippen LogP contribution in [-0.4, -0.2) is 35.2 Å². The average molecular weight is 141 g/mol. The van der Waals surface area contributed by atoms with Gasteiger partial charge in [0.25, 0.3) is 0 Å². The van der Waals surface area contributed by atoms with Gasteiger partial charge in [0, 0.05) is 12.1 Å². The van der Waals surface area contributed by atoms with E-state index in [0.717, 1.165) is 6.42 Å². The molecule has 0 spiro atoms. The Hall–Kier alpha value is -0.0800. The Morgan fingerprint density at radius 1 is 1.40 bits per heavy atom. The molecule has 1 N–H and O–H groups in total. The number of piperidine rings is 1. The van der Waals surface area contributed by atoms with Crippen molar-refractivity contribution in [1.29, 1.82) is 0 Å². The summed E-state index contributed by atoms with van der Waals surface area (Å²) in [5.41, 5.74) is 0. The molecule has 58 valence electrons. The minimum Gasteiger partial charge on any atom is -0.391 e. The van der Waals surface area contributed by atoms with E-state index >= 15 is 0 Å². The first-order valence-electron chi connectivity index (χ1n) is 4.19. The molecule has 0 unspecified atom stereocenters. The summed E-state index contributed by atoms with van der Waals surface area (Å²) < 4.78 is 0. The zero-order valence-electron chi connectivity index (χ0n) is 6.45. The molecule has 2 aliphatic rings. The van der Waals surface area contributed by atoms with Crippen LogP contribution in [-0.2, 0) is 0 Å². The fraction of sp³-hybridized carbons (Fsp3) is 1.00. The molecule has 2 aliphatic heterocycles. The molecule has 2 heterocycles. The van der Waals surface area contributed by atoms with E-state index in [4.69, 9.17) is 0 Å². The van der Waals surface area contributed by atoms with E-state index in [2.05, 4.69) is 11.9 Å². The van der Waals surface area contributed by atoms with Crippen molar-refractivity contribution in [2.45, 2.75) is 43.9 Å². The second-order valence-corrected chi connectivity index (χ2v) is 3.62. The number of hydrogen-bond acceptors (Lipinski definition) is 2. The molecule has 2 heteroatoms. The van der Waals surface area contributed by atoms with Gasteiger partial charge in [-0.05, 0) is 26.3 Å². The number of aliphatic hydroxyl groups is 1. The lowest BCUT2D eigenvalue weighted by molar-refractivity contribution is 0.103. The molecule has 2 saturated heterocycles. The molecular formula is C8H15NO. The molecule has 3 atom stereocenters. The summed E-state index contributed by atoms with van der Waals surface area (Å²) in [6, 6.07) is 1.17. The highest BCUT2D eigenvalue weighted by Gasteiger charge is 2.40. The minimum atomic E-state index is -0.0301. The van der Waals surface area contributed by atoms with Gasteiger partial charge in [-0.1, -0.05) is 6.42 Å². The van der Waals surface area contributed by atoms with Gasteiger partial charge in [-0.2, -0.15) is 0 Å². The monoisotopic (exact) mass is 141 g/mol. The molecule has 0 aromatic heterocycles. The summed E-state index contributed by atoms with van der Waals surface area (Å²) in [5, 5.41) is 9.53. The number of nitrogens with zero attached hydrogens (tertiary/aromatic N) is 1. The predicted octanol–water partition coefficient (Wildman–Crippen LogP) is 0.604. The maximum Gasteiger partial charge on any atom is 0.0710 e. The molecule has 2 nitrogen and oxygen atoms in total. The van der Waals surface area contributed by atoms with E-state index in [0.29, 0.717) is 12.1 Å². The van der Waals surface area contributed by atoms with Crippen LogP contribution in [0.2, 0.25) is 0 Å². The van der Waals surface area contributed by atoms with Crippen molar-refractivity contribution in [3.05, 3.63) is 0 Å². The molecule has 0 aromatic carbocycles. The first kappa shape index (κ1) is 6.62. The largest absolute Gasteiger partial charge is 0.391 e. The van der Waals surface area contributed by atoms with Gasteiger partial charge in [-0.15, -0.1) is 0 Å². The Balaban J connectivity index is 2.14. The van der Waals surface area contributed by atoms with Gasteiger partial charge >= 0.3 is 0 Å². The Morgan fingerprint density at radius 3 is 2.80 bits per heavy atom. The maximum absolute atomic E-state index is 9.53. The number of likely N-dealkylation sites (N-methyl/N-ethyl adjacent to an activating group) is 1. The fourth-order valence-corrected chi connectivity index (χ4v) is 2.42. The number of fused-ring (bicyclic) bond motifs is 2.